The minimum absolute atomic E-state index is 0.128. The molecule has 0 aliphatic carbocycles. The molecule has 1 aliphatic heterocycles. The molecule has 1 atom stereocenters. The summed E-state index contributed by atoms with van der Waals surface area (Å²) in [4.78, 5) is 18.7. The van der Waals surface area contributed by atoms with Gasteiger partial charge < -0.3 is 4.90 Å². The molecule has 1 aliphatic rings. The van der Waals surface area contributed by atoms with Crippen LogP contribution in [0.5, 0.6) is 0 Å². The van der Waals surface area contributed by atoms with Crippen LogP contribution >= 0.6 is 22.6 Å². The molecule has 0 bridgehead atoms. The van der Waals surface area contributed by atoms with Crippen molar-refractivity contribution in [3.63, 3.8) is 0 Å². The molecule has 102 valence electrons. The third kappa shape index (κ3) is 2.70. The largest absolute Gasteiger partial charge is 0.332 e. The summed E-state index contributed by atoms with van der Waals surface area (Å²) in [6, 6.07) is 12.0. The van der Waals surface area contributed by atoms with Crippen LogP contribution in [0.1, 0.15) is 34.8 Å². The van der Waals surface area contributed by atoms with Crippen molar-refractivity contribution in [1.29, 1.82) is 0 Å². The van der Waals surface area contributed by atoms with Gasteiger partial charge in [0, 0.05) is 28.1 Å². The van der Waals surface area contributed by atoms with E-state index in [-0.39, 0.29) is 11.9 Å². The average molecular weight is 378 g/mol. The zero-order chi connectivity index (χ0) is 13.9. The number of halogens is 1. The summed E-state index contributed by atoms with van der Waals surface area (Å²) in [5, 5.41) is 0. The van der Waals surface area contributed by atoms with Crippen LogP contribution in [0.15, 0.2) is 48.8 Å². The van der Waals surface area contributed by atoms with Gasteiger partial charge in [0.15, 0.2) is 0 Å². The SMILES string of the molecule is O=C(c1cccc(I)c1)N1CCCC1c1ccncc1. The Morgan fingerprint density at radius 2 is 2.05 bits per heavy atom. The fourth-order valence-electron chi connectivity index (χ4n) is 2.73. The van der Waals surface area contributed by atoms with Crippen molar-refractivity contribution >= 4 is 28.5 Å². The number of hydrogen-bond donors (Lipinski definition) is 0. The Morgan fingerprint density at radius 1 is 1.25 bits per heavy atom. The second kappa shape index (κ2) is 5.91. The first-order valence-electron chi connectivity index (χ1n) is 6.72. The Morgan fingerprint density at radius 3 is 2.80 bits per heavy atom. The van der Waals surface area contributed by atoms with E-state index in [2.05, 4.69) is 27.6 Å². The second-order valence-electron chi connectivity index (χ2n) is 4.95. The quantitative estimate of drug-likeness (QED) is 0.748. The number of pyridine rings is 1. The monoisotopic (exact) mass is 378 g/mol. The first-order valence-corrected chi connectivity index (χ1v) is 7.80. The fourth-order valence-corrected chi connectivity index (χ4v) is 3.27. The van der Waals surface area contributed by atoms with E-state index in [4.69, 9.17) is 0 Å². The van der Waals surface area contributed by atoms with E-state index in [1.165, 1.54) is 5.56 Å². The van der Waals surface area contributed by atoms with E-state index in [0.717, 1.165) is 28.5 Å². The molecule has 1 aromatic heterocycles. The van der Waals surface area contributed by atoms with Crippen molar-refractivity contribution in [1.82, 2.24) is 9.88 Å². The highest BCUT2D eigenvalue weighted by Crippen LogP contribution is 2.32. The second-order valence-corrected chi connectivity index (χ2v) is 6.19. The predicted molar refractivity (Wildman–Crippen MR) is 86.4 cm³/mol. The van der Waals surface area contributed by atoms with Gasteiger partial charge in [-0.3, -0.25) is 9.78 Å². The third-order valence-corrected chi connectivity index (χ3v) is 4.35. The summed E-state index contributed by atoms with van der Waals surface area (Å²) in [6.07, 6.45) is 5.67. The first kappa shape index (κ1) is 13.5. The van der Waals surface area contributed by atoms with Crippen molar-refractivity contribution in [3.05, 3.63) is 63.5 Å². The number of likely N-dealkylation sites (tertiary alicyclic amines) is 1. The number of rotatable bonds is 2. The summed E-state index contributed by atoms with van der Waals surface area (Å²) < 4.78 is 1.09. The van der Waals surface area contributed by atoms with Crippen molar-refractivity contribution in [2.45, 2.75) is 18.9 Å². The molecule has 0 radical (unpaired) electrons. The zero-order valence-corrected chi connectivity index (χ0v) is 13.2. The van der Waals surface area contributed by atoms with Crippen LogP contribution in [0.4, 0.5) is 0 Å². The maximum absolute atomic E-state index is 12.7. The third-order valence-electron chi connectivity index (χ3n) is 3.68. The molecule has 0 spiro atoms. The Hall–Kier alpha value is -1.43. The molecule has 4 heteroatoms. The van der Waals surface area contributed by atoms with Crippen LogP contribution in [0.3, 0.4) is 0 Å². The van der Waals surface area contributed by atoms with Gasteiger partial charge in [-0.25, -0.2) is 0 Å². The number of aromatic nitrogens is 1. The number of amides is 1. The van der Waals surface area contributed by atoms with Crippen LogP contribution in [0.2, 0.25) is 0 Å². The Bertz CT molecular complexity index is 615. The van der Waals surface area contributed by atoms with Crippen LogP contribution in [-0.2, 0) is 0 Å². The van der Waals surface area contributed by atoms with Gasteiger partial charge in [-0.1, -0.05) is 6.07 Å². The highest BCUT2D eigenvalue weighted by molar-refractivity contribution is 14.1. The summed E-state index contributed by atoms with van der Waals surface area (Å²) in [7, 11) is 0. The lowest BCUT2D eigenvalue weighted by molar-refractivity contribution is 0.0735. The molecule has 3 rings (SSSR count). The number of nitrogens with zero attached hydrogens (tertiary/aromatic N) is 2. The lowest BCUT2D eigenvalue weighted by atomic mass is 10.1. The van der Waals surface area contributed by atoms with Crippen LogP contribution in [0, 0.1) is 3.57 Å². The molecule has 1 aromatic carbocycles. The minimum Gasteiger partial charge on any atom is -0.332 e. The molecule has 2 aromatic rings. The standard InChI is InChI=1S/C16H15IN2O/c17-14-4-1-3-13(11-14)16(20)19-10-2-5-15(19)12-6-8-18-9-7-12/h1,3-4,6-9,11,15H,2,5,10H2. The maximum atomic E-state index is 12.7. The first-order chi connectivity index (χ1) is 9.75. The number of carbonyl (C=O) groups is 1. The predicted octanol–water partition coefficient (Wildman–Crippen LogP) is 3.66. The van der Waals surface area contributed by atoms with Crippen molar-refractivity contribution in [2.75, 3.05) is 6.54 Å². The molecule has 3 nitrogen and oxygen atoms in total. The number of hydrogen-bond acceptors (Lipinski definition) is 2. The summed E-state index contributed by atoms with van der Waals surface area (Å²) >= 11 is 2.24. The lowest BCUT2D eigenvalue weighted by Gasteiger charge is -2.25. The highest BCUT2D eigenvalue weighted by Gasteiger charge is 2.30. The van der Waals surface area contributed by atoms with Gasteiger partial charge in [0.05, 0.1) is 6.04 Å². The number of benzene rings is 1. The highest BCUT2D eigenvalue weighted by atomic mass is 127. The zero-order valence-electron chi connectivity index (χ0n) is 11.0. The lowest BCUT2D eigenvalue weighted by Crippen LogP contribution is -2.30. The Labute approximate surface area is 132 Å². The normalized spacial score (nSPS) is 18.2. The van der Waals surface area contributed by atoms with E-state index in [1.807, 2.05) is 41.3 Å². The smallest absolute Gasteiger partial charge is 0.254 e. The van der Waals surface area contributed by atoms with Crippen LogP contribution in [-0.4, -0.2) is 22.3 Å². The van der Waals surface area contributed by atoms with Crippen molar-refractivity contribution in [2.24, 2.45) is 0 Å². The summed E-state index contributed by atoms with van der Waals surface area (Å²) in [5.41, 5.74) is 1.95. The molecule has 1 saturated heterocycles. The maximum Gasteiger partial charge on any atom is 0.254 e. The topological polar surface area (TPSA) is 33.2 Å². The van der Waals surface area contributed by atoms with Gasteiger partial charge in [0.2, 0.25) is 0 Å². The molecule has 0 N–H and O–H groups in total. The van der Waals surface area contributed by atoms with Gasteiger partial charge in [0.25, 0.3) is 5.91 Å². The van der Waals surface area contributed by atoms with Gasteiger partial charge >= 0.3 is 0 Å². The molecule has 1 amide bonds. The van der Waals surface area contributed by atoms with Gasteiger partial charge in [0.1, 0.15) is 0 Å². The average Bonchev–Trinajstić information content (AvgIpc) is 2.97. The van der Waals surface area contributed by atoms with Gasteiger partial charge in [-0.15, -0.1) is 0 Å². The molecule has 20 heavy (non-hydrogen) atoms. The molecule has 1 fully saturated rings. The number of carbonyl (C=O) groups excluding carboxylic acids is 1. The van der Waals surface area contributed by atoms with E-state index in [9.17, 15) is 4.79 Å². The van der Waals surface area contributed by atoms with E-state index in [1.54, 1.807) is 12.4 Å². The van der Waals surface area contributed by atoms with E-state index in [0.29, 0.717) is 0 Å². The Balaban J connectivity index is 1.87. The molecular formula is C16H15IN2O. The Kier molecular flexibility index (Phi) is 4.00. The van der Waals surface area contributed by atoms with Crippen LogP contribution < -0.4 is 0 Å². The summed E-state index contributed by atoms with van der Waals surface area (Å²) in [6.45, 7) is 0.831. The minimum atomic E-state index is 0.128. The molecule has 2 heterocycles. The van der Waals surface area contributed by atoms with Crippen molar-refractivity contribution < 1.29 is 4.79 Å². The van der Waals surface area contributed by atoms with E-state index >= 15 is 0 Å². The van der Waals surface area contributed by atoms with Gasteiger partial charge in [-0.05, 0) is 71.3 Å². The van der Waals surface area contributed by atoms with E-state index < -0.39 is 0 Å². The summed E-state index contributed by atoms with van der Waals surface area (Å²) in [5.74, 6) is 0.128. The van der Waals surface area contributed by atoms with Crippen LogP contribution in [0.25, 0.3) is 0 Å². The van der Waals surface area contributed by atoms with Gasteiger partial charge in [-0.2, -0.15) is 0 Å². The molecular weight excluding hydrogens is 363 g/mol. The molecule has 0 saturated carbocycles. The fraction of sp³-hybridized carbons (Fsp3) is 0.250. The molecule has 1 unspecified atom stereocenters. The van der Waals surface area contributed by atoms with Crippen molar-refractivity contribution in [3.8, 4) is 0 Å².